The van der Waals surface area contributed by atoms with Gasteiger partial charge in [0.15, 0.2) is 0 Å². The maximum Gasteiger partial charge on any atom is 0.410 e. The minimum Gasteiger partial charge on any atom is -0.443 e. The molecule has 3 rings (SSSR count). The van der Waals surface area contributed by atoms with Crippen molar-refractivity contribution in [1.82, 2.24) is 4.90 Å². The van der Waals surface area contributed by atoms with Crippen LogP contribution in [0, 0.1) is 5.41 Å². The monoisotopic (exact) mass is 351 g/mol. The first-order valence-corrected chi connectivity index (χ1v) is 7.47. The van der Waals surface area contributed by atoms with Gasteiger partial charge in [-0.1, -0.05) is 22.6 Å². The Morgan fingerprint density at radius 2 is 2.18 bits per heavy atom. The van der Waals surface area contributed by atoms with Crippen LogP contribution in [0.1, 0.15) is 26.2 Å². The molecule has 0 unspecified atom stereocenters. The van der Waals surface area contributed by atoms with Crippen molar-refractivity contribution in [3.05, 3.63) is 0 Å². The summed E-state index contributed by atoms with van der Waals surface area (Å²) in [7, 11) is 0. The summed E-state index contributed by atoms with van der Waals surface area (Å²) in [5.74, 6) is 0. The molecule has 17 heavy (non-hydrogen) atoms. The van der Waals surface area contributed by atoms with E-state index in [-0.39, 0.29) is 17.1 Å². The third-order valence-corrected chi connectivity index (χ3v) is 6.07. The second-order valence-electron chi connectivity index (χ2n) is 5.85. The topological polar surface area (TPSA) is 38.8 Å². The highest BCUT2D eigenvalue weighted by atomic mass is 127. The van der Waals surface area contributed by atoms with Crippen LogP contribution < -0.4 is 0 Å². The molecule has 3 aliphatic rings. The van der Waals surface area contributed by atoms with Crippen molar-refractivity contribution in [2.24, 2.45) is 5.41 Å². The molecule has 5 heteroatoms. The molecule has 0 bridgehead atoms. The molecule has 2 saturated heterocycles. The third-order valence-electron chi connectivity index (χ3n) is 4.13. The number of hydrogen-bond acceptors (Lipinski definition) is 3. The average molecular weight is 351 g/mol. The van der Waals surface area contributed by atoms with E-state index in [1.54, 1.807) is 0 Å². The minimum absolute atomic E-state index is 0.134. The maximum absolute atomic E-state index is 11.9. The summed E-state index contributed by atoms with van der Waals surface area (Å²) in [5.41, 5.74) is 0.0366. The van der Waals surface area contributed by atoms with Crippen LogP contribution in [-0.2, 0) is 9.47 Å². The van der Waals surface area contributed by atoms with Gasteiger partial charge >= 0.3 is 6.09 Å². The minimum atomic E-state index is -0.160. The zero-order valence-corrected chi connectivity index (χ0v) is 12.2. The lowest BCUT2D eigenvalue weighted by Gasteiger charge is -2.53. The predicted molar refractivity (Wildman–Crippen MR) is 71.4 cm³/mol. The van der Waals surface area contributed by atoms with Gasteiger partial charge in [0.1, 0.15) is 5.60 Å². The zero-order chi connectivity index (χ0) is 12.1. The van der Waals surface area contributed by atoms with Gasteiger partial charge in [0.2, 0.25) is 0 Å². The standard InChI is InChI=1S/C12H18INO3/c1-11(3-4-11)17-10(15)14-6-12(7-14)8-16-5-2-9(12)13/h9H,2-8H2,1H3/t9-/m0/s1. The second kappa shape index (κ2) is 3.98. The van der Waals surface area contributed by atoms with Crippen molar-refractivity contribution in [2.75, 3.05) is 26.3 Å². The fourth-order valence-electron chi connectivity index (χ4n) is 2.54. The lowest BCUT2D eigenvalue weighted by atomic mass is 9.75. The summed E-state index contributed by atoms with van der Waals surface area (Å²) in [6.45, 7) is 5.26. The SMILES string of the molecule is CC1(OC(=O)N2CC3(COCC[C@@H]3I)C2)CC1. The first-order valence-electron chi connectivity index (χ1n) is 6.23. The molecule has 0 aromatic carbocycles. The van der Waals surface area contributed by atoms with Crippen LogP contribution in [-0.4, -0.2) is 46.8 Å². The van der Waals surface area contributed by atoms with Crippen molar-refractivity contribution in [3.63, 3.8) is 0 Å². The molecule has 1 spiro atoms. The first kappa shape index (κ1) is 12.0. The Morgan fingerprint density at radius 3 is 2.76 bits per heavy atom. The Bertz CT molecular complexity index is 337. The van der Waals surface area contributed by atoms with Gasteiger partial charge in [0, 0.05) is 29.0 Å². The molecule has 0 aromatic rings. The Hall–Kier alpha value is -0.0400. The fraction of sp³-hybridized carbons (Fsp3) is 0.917. The average Bonchev–Trinajstić information content (AvgIpc) is 2.93. The van der Waals surface area contributed by atoms with Gasteiger partial charge < -0.3 is 14.4 Å². The van der Waals surface area contributed by atoms with Gasteiger partial charge in [-0.2, -0.15) is 0 Å². The van der Waals surface area contributed by atoms with Gasteiger partial charge in [-0.3, -0.25) is 0 Å². The van der Waals surface area contributed by atoms with Gasteiger partial charge in [-0.05, 0) is 26.2 Å². The number of hydrogen-bond donors (Lipinski definition) is 0. The highest BCUT2D eigenvalue weighted by Crippen LogP contribution is 2.44. The molecule has 1 atom stereocenters. The zero-order valence-electron chi connectivity index (χ0n) is 10.1. The fourth-order valence-corrected chi connectivity index (χ4v) is 3.37. The van der Waals surface area contributed by atoms with E-state index in [9.17, 15) is 4.79 Å². The quantitative estimate of drug-likeness (QED) is 0.537. The summed E-state index contributed by atoms with van der Waals surface area (Å²) < 4.78 is 11.6. The van der Waals surface area contributed by atoms with Crippen molar-refractivity contribution in [1.29, 1.82) is 0 Å². The van der Waals surface area contributed by atoms with Gasteiger partial charge in [-0.25, -0.2) is 4.79 Å². The van der Waals surface area contributed by atoms with Gasteiger partial charge in [0.25, 0.3) is 0 Å². The molecule has 2 aliphatic heterocycles. The van der Waals surface area contributed by atoms with E-state index in [1.807, 2.05) is 11.8 Å². The van der Waals surface area contributed by atoms with Crippen molar-refractivity contribution in [3.8, 4) is 0 Å². The number of ether oxygens (including phenoxy) is 2. The number of likely N-dealkylation sites (tertiary alicyclic amines) is 1. The maximum atomic E-state index is 11.9. The molecule has 0 N–H and O–H groups in total. The second-order valence-corrected chi connectivity index (χ2v) is 7.35. The van der Waals surface area contributed by atoms with E-state index < -0.39 is 0 Å². The van der Waals surface area contributed by atoms with Crippen LogP contribution in [0.2, 0.25) is 0 Å². The molecule has 1 saturated carbocycles. The Kier molecular flexibility index (Phi) is 2.81. The number of amides is 1. The Balaban J connectivity index is 1.54. The van der Waals surface area contributed by atoms with Crippen LogP contribution in [0.15, 0.2) is 0 Å². The molecule has 3 fully saturated rings. The molecular formula is C12H18INO3. The van der Waals surface area contributed by atoms with E-state index >= 15 is 0 Å². The molecular weight excluding hydrogens is 333 g/mol. The van der Waals surface area contributed by atoms with E-state index in [1.165, 1.54) is 0 Å². The Morgan fingerprint density at radius 1 is 1.47 bits per heavy atom. The molecule has 2 heterocycles. The predicted octanol–water partition coefficient (Wildman–Crippen LogP) is 2.20. The molecule has 4 nitrogen and oxygen atoms in total. The van der Waals surface area contributed by atoms with E-state index in [2.05, 4.69) is 22.6 Å². The van der Waals surface area contributed by atoms with Crippen LogP contribution in [0.4, 0.5) is 4.79 Å². The summed E-state index contributed by atoms with van der Waals surface area (Å²) >= 11 is 2.50. The normalized spacial score (nSPS) is 33.1. The van der Waals surface area contributed by atoms with Crippen molar-refractivity contribution < 1.29 is 14.3 Å². The number of rotatable bonds is 1. The van der Waals surface area contributed by atoms with Crippen molar-refractivity contribution >= 4 is 28.7 Å². The molecule has 0 aromatic heterocycles. The first-order chi connectivity index (χ1) is 8.03. The van der Waals surface area contributed by atoms with Crippen LogP contribution in [0.3, 0.4) is 0 Å². The summed E-state index contributed by atoms with van der Waals surface area (Å²) in [6, 6.07) is 0. The number of carbonyl (C=O) groups is 1. The van der Waals surface area contributed by atoms with Crippen LogP contribution >= 0.6 is 22.6 Å². The number of alkyl halides is 1. The third kappa shape index (κ3) is 2.16. The van der Waals surface area contributed by atoms with Crippen molar-refractivity contribution in [2.45, 2.75) is 35.7 Å². The van der Waals surface area contributed by atoms with Gasteiger partial charge in [-0.15, -0.1) is 0 Å². The highest BCUT2D eigenvalue weighted by molar-refractivity contribution is 14.1. The summed E-state index contributed by atoms with van der Waals surface area (Å²) in [5, 5.41) is 0. The van der Waals surface area contributed by atoms with Crippen LogP contribution in [0.5, 0.6) is 0 Å². The lowest BCUT2D eigenvalue weighted by Crippen LogP contribution is -2.65. The molecule has 0 radical (unpaired) electrons. The van der Waals surface area contributed by atoms with Gasteiger partial charge in [0.05, 0.1) is 6.61 Å². The molecule has 1 aliphatic carbocycles. The highest BCUT2D eigenvalue weighted by Gasteiger charge is 2.53. The molecule has 96 valence electrons. The smallest absolute Gasteiger partial charge is 0.410 e. The number of nitrogens with zero attached hydrogens (tertiary/aromatic N) is 1. The molecule has 1 amide bonds. The Labute approximate surface area is 115 Å². The van der Waals surface area contributed by atoms with E-state index in [4.69, 9.17) is 9.47 Å². The number of carbonyl (C=O) groups excluding carboxylic acids is 1. The van der Waals surface area contributed by atoms with Crippen LogP contribution in [0.25, 0.3) is 0 Å². The summed E-state index contributed by atoms with van der Waals surface area (Å²) in [4.78, 5) is 13.7. The summed E-state index contributed by atoms with van der Waals surface area (Å²) in [6.07, 6.45) is 2.98. The largest absolute Gasteiger partial charge is 0.443 e. The lowest BCUT2D eigenvalue weighted by molar-refractivity contribution is -0.0887. The van der Waals surface area contributed by atoms with E-state index in [0.717, 1.165) is 45.6 Å². The number of halogens is 1. The van der Waals surface area contributed by atoms with E-state index in [0.29, 0.717) is 3.92 Å².